The van der Waals surface area contributed by atoms with Crippen molar-refractivity contribution < 1.29 is 22.7 Å². The minimum absolute atomic E-state index is 0.305. The summed E-state index contributed by atoms with van der Waals surface area (Å²) in [6.45, 7) is -0.305. The van der Waals surface area contributed by atoms with Crippen molar-refractivity contribution in [3.63, 3.8) is 0 Å². The van der Waals surface area contributed by atoms with Crippen molar-refractivity contribution in [3.8, 4) is 11.5 Å². The first-order valence-corrected chi connectivity index (χ1v) is 9.91. The highest BCUT2D eigenvalue weighted by Gasteiger charge is 2.24. The van der Waals surface area contributed by atoms with E-state index in [0.717, 1.165) is 10.6 Å². The number of sulfonamides is 1. The van der Waals surface area contributed by atoms with E-state index in [-0.39, 0.29) is 6.54 Å². The number of amides is 1. The van der Waals surface area contributed by atoms with Crippen molar-refractivity contribution in [1.29, 1.82) is 0 Å². The van der Waals surface area contributed by atoms with Crippen LogP contribution in [0.5, 0.6) is 11.5 Å². The highest BCUT2D eigenvalue weighted by molar-refractivity contribution is 7.88. The number of carbonyl (C=O) groups excluding carboxylic acids is 1. The number of imidazole rings is 1. The van der Waals surface area contributed by atoms with E-state index in [1.165, 1.54) is 21.3 Å². The van der Waals surface area contributed by atoms with Gasteiger partial charge < -0.3 is 19.4 Å². The van der Waals surface area contributed by atoms with Crippen molar-refractivity contribution in [3.05, 3.63) is 42.0 Å². The first-order chi connectivity index (χ1) is 12.7. The number of likely N-dealkylation sites (N-methyl/N-ethyl adjacent to an activating group) is 1. The number of hydrogen-bond acceptors (Lipinski definition) is 6. The van der Waals surface area contributed by atoms with Crippen LogP contribution in [-0.4, -0.2) is 62.2 Å². The Kier molecular flexibility index (Phi) is 6.45. The van der Waals surface area contributed by atoms with Gasteiger partial charge in [-0.1, -0.05) is 0 Å². The lowest BCUT2D eigenvalue weighted by Crippen LogP contribution is -2.40. The Bertz CT molecular complexity index is 888. The molecule has 1 heterocycles. The molecule has 0 saturated carbocycles. The second-order valence-electron chi connectivity index (χ2n) is 6.06. The number of methoxy groups -OCH3 is 2. The van der Waals surface area contributed by atoms with Crippen LogP contribution < -0.4 is 14.8 Å². The number of aromatic nitrogens is 2. The second kappa shape index (κ2) is 8.40. The van der Waals surface area contributed by atoms with Gasteiger partial charge in [-0.3, -0.25) is 4.79 Å². The zero-order valence-electron chi connectivity index (χ0n) is 16.0. The molecule has 2 aromatic rings. The van der Waals surface area contributed by atoms with Crippen molar-refractivity contribution in [1.82, 2.24) is 19.2 Å². The fourth-order valence-corrected chi connectivity index (χ4v) is 2.83. The molecule has 9 nitrogen and oxygen atoms in total. The van der Waals surface area contributed by atoms with Gasteiger partial charge in [0.1, 0.15) is 23.4 Å². The fourth-order valence-electron chi connectivity index (χ4n) is 2.47. The zero-order valence-corrected chi connectivity index (χ0v) is 16.8. The third-order valence-corrected chi connectivity index (χ3v) is 5.32. The molecule has 0 spiro atoms. The highest BCUT2D eigenvalue weighted by Crippen LogP contribution is 2.29. The van der Waals surface area contributed by atoms with Gasteiger partial charge in [0.25, 0.3) is 0 Å². The van der Waals surface area contributed by atoms with Crippen LogP contribution in [0.4, 0.5) is 0 Å². The quantitative estimate of drug-likeness (QED) is 0.698. The Morgan fingerprint density at radius 1 is 1.26 bits per heavy atom. The number of ether oxygens (including phenoxy) is 2. The van der Waals surface area contributed by atoms with Gasteiger partial charge in [0.15, 0.2) is 0 Å². The molecule has 27 heavy (non-hydrogen) atoms. The number of benzene rings is 1. The van der Waals surface area contributed by atoms with E-state index >= 15 is 0 Å². The average Bonchev–Trinajstić information content (AvgIpc) is 3.03. The lowest BCUT2D eigenvalue weighted by atomic mass is 10.0. The molecule has 1 N–H and O–H groups in total. The zero-order chi connectivity index (χ0) is 20.2. The van der Waals surface area contributed by atoms with E-state index in [1.807, 2.05) is 7.05 Å². The fraction of sp³-hybridized carbons (Fsp3) is 0.412. The van der Waals surface area contributed by atoms with Crippen LogP contribution in [0.15, 0.2) is 30.6 Å². The molecule has 1 amide bonds. The first-order valence-electron chi connectivity index (χ1n) is 8.06. The molecule has 10 heteroatoms. The number of rotatable bonds is 8. The molecule has 148 valence electrons. The maximum Gasteiger partial charge on any atom is 0.236 e. The summed E-state index contributed by atoms with van der Waals surface area (Å²) in [6.07, 6.45) is 4.42. The summed E-state index contributed by atoms with van der Waals surface area (Å²) in [7, 11) is 2.75. The maximum absolute atomic E-state index is 12.5. The number of hydrogen-bond donors (Lipinski definition) is 1. The lowest BCUT2D eigenvalue weighted by Gasteiger charge is -2.22. The predicted molar refractivity (Wildman–Crippen MR) is 100 cm³/mol. The van der Waals surface area contributed by atoms with E-state index in [9.17, 15) is 13.2 Å². The Morgan fingerprint density at radius 3 is 2.30 bits per heavy atom. The summed E-state index contributed by atoms with van der Waals surface area (Å²) in [6, 6.07) is 4.64. The molecule has 1 aromatic heterocycles. The Hall–Kier alpha value is -2.59. The van der Waals surface area contributed by atoms with Gasteiger partial charge >= 0.3 is 0 Å². The van der Waals surface area contributed by atoms with Gasteiger partial charge in [-0.2, -0.15) is 4.31 Å². The van der Waals surface area contributed by atoms with Gasteiger partial charge in [0, 0.05) is 32.6 Å². The van der Waals surface area contributed by atoms with Crippen LogP contribution in [0.3, 0.4) is 0 Å². The van der Waals surface area contributed by atoms with Crippen molar-refractivity contribution in [2.45, 2.75) is 6.04 Å². The predicted octanol–water partition coefficient (Wildman–Crippen LogP) is 0.534. The summed E-state index contributed by atoms with van der Waals surface area (Å²) in [5.74, 6) is 1.25. The van der Waals surface area contributed by atoms with Crippen LogP contribution in [-0.2, 0) is 21.9 Å². The van der Waals surface area contributed by atoms with Gasteiger partial charge in [-0.25, -0.2) is 13.4 Å². The van der Waals surface area contributed by atoms with Crippen molar-refractivity contribution >= 4 is 15.9 Å². The molecular formula is C17H24N4O5S. The number of carbonyl (C=O) groups is 1. The van der Waals surface area contributed by atoms with Crippen LogP contribution in [0, 0.1) is 0 Å². The highest BCUT2D eigenvalue weighted by atomic mass is 32.2. The molecule has 1 unspecified atom stereocenters. The van der Waals surface area contributed by atoms with Crippen LogP contribution in [0.2, 0.25) is 0 Å². The number of nitrogens with zero attached hydrogens (tertiary/aromatic N) is 3. The number of aryl methyl sites for hydroxylation is 1. The van der Waals surface area contributed by atoms with Crippen LogP contribution >= 0.6 is 0 Å². The van der Waals surface area contributed by atoms with E-state index in [1.54, 1.807) is 35.2 Å². The monoisotopic (exact) mass is 396 g/mol. The Labute approximate surface area is 159 Å². The molecule has 1 aromatic carbocycles. The van der Waals surface area contributed by atoms with Gasteiger partial charge in [-0.05, 0) is 17.7 Å². The third-order valence-electron chi connectivity index (χ3n) is 4.06. The molecule has 1 atom stereocenters. The molecule has 0 bridgehead atoms. The summed E-state index contributed by atoms with van der Waals surface area (Å²) < 4.78 is 36.5. The normalized spacial score (nSPS) is 12.7. The van der Waals surface area contributed by atoms with Gasteiger partial charge in [-0.15, -0.1) is 0 Å². The second-order valence-corrected chi connectivity index (χ2v) is 8.15. The largest absolute Gasteiger partial charge is 0.497 e. The SMILES string of the molecule is COc1cc(OC)cc(C(NC(=O)CN(C)S(C)(=O)=O)c2nccn2C)c1. The molecule has 0 saturated heterocycles. The molecule has 0 aliphatic rings. The maximum atomic E-state index is 12.5. The van der Waals surface area contributed by atoms with Crippen molar-refractivity contribution in [2.75, 3.05) is 34.1 Å². The molecular weight excluding hydrogens is 372 g/mol. The molecule has 0 fully saturated rings. The van der Waals surface area contributed by atoms with E-state index < -0.39 is 22.0 Å². The summed E-state index contributed by atoms with van der Waals surface area (Å²) in [5.41, 5.74) is 0.691. The first kappa shape index (κ1) is 20.7. The smallest absolute Gasteiger partial charge is 0.236 e. The Balaban J connectivity index is 2.39. The van der Waals surface area contributed by atoms with Gasteiger partial charge in [0.05, 0.1) is 27.0 Å². The summed E-state index contributed by atoms with van der Waals surface area (Å²) in [4.78, 5) is 16.8. The molecule has 0 radical (unpaired) electrons. The Morgan fingerprint density at radius 2 is 1.85 bits per heavy atom. The minimum atomic E-state index is -3.47. The standard InChI is InChI=1S/C17H24N4O5S/c1-20-7-6-18-17(20)16(19-15(22)11-21(2)27(5,23)24)12-8-13(25-3)10-14(9-12)26-4/h6-10,16H,11H2,1-5H3,(H,19,22). The van der Waals surface area contributed by atoms with E-state index in [2.05, 4.69) is 10.3 Å². The van der Waals surface area contributed by atoms with Crippen LogP contribution in [0.1, 0.15) is 17.4 Å². The van der Waals surface area contributed by atoms with Gasteiger partial charge in [0.2, 0.25) is 15.9 Å². The van der Waals surface area contributed by atoms with Crippen molar-refractivity contribution in [2.24, 2.45) is 7.05 Å². The summed E-state index contributed by atoms with van der Waals surface area (Å²) >= 11 is 0. The average molecular weight is 396 g/mol. The third kappa shape index (κ3) is 5.20. The molecule has 0 aliphatic heterocycles. The molecule has 0 aliphatic carbocycles. The van der Waals surface area contributed by atoms with Crippen LogP contribution in [0.25, 0.3) is 0 Å². The topological polar surface area (TPSA) is 103 Å². The minimum Gasteiger partial charge on any atom is -0.497 e. The van der Waals surface area contributed by atoms with E-state index in [4.69, 9.17) is 9.47 Å². The van der Waals surface area contributed by atoms with E-state index in [0.29, 0.717) is 22.9 Å². The lowest BCUT2D eigenvalue weighted by molar-refractivity contribution is -0.121. The molecule has 2 rings (SSSR count). The summed E-state index contributed by atoms with van der Waals surface area (Å²) in [5, 5.41) is 2.84. The number of nitrogens with one attached hydrogen (secondary N) is 1.